The summed E-state index contributed by atoms with van der Waals surface area (Å²) >= 11 is 11.8. The molecule has 0 atom stereocenters. The lowest BCUT2D eigenvalue weighted by Gasteiger charge is -2.08. The molecule has 5 heteroatoms. The standard InChI is InChI=1S/C15H12Cl2O3/c1-19-11-5-10(6-12(8-11)20-2)15(18)9-3-4-13(16)14(17)7-9/h3-8H,1-2H3. The van der Waals surface area contributed by atoms with Gasteiger partial charge >= 0.3 is 0 Å². The van der Waals surface area contributed by atoms with Crippen LogP contribution in [0.2, 0.25) is 10.0 Å². The quantitative estimate of drug-likeness (QED) is 0.792. The van der Waals surface area contributed by atoms with Crippen LogP contribution in [0, 0.1) is 0 Å². The molecule has 0 amide bonds. The summed E-state index contributed by atoms with van der Waals surface area (Å²) in [5, 5.41) is 0.749. The third kappa shape index (κ3) is 3.06. The van der Waals surface area contributed by atoms with E-state index in [1.165, 1.54) is 20.3 Å². The van der Waals surface area contributed by atoms with Gasteiger partial charge in [0.15, 0.2) is 5.78 Å². The highest BCUT2D eigenvalue weighted by Gasteiger charge is 2.13. The van der Waals surface area contributed by atoms with Gasteiger partial charge in [-0.1, -0.05) is 23.2 Å². The van der Waals surface area contributed by atoms with Gasteiger partial charge in [-0.05, 0) is 30.3 Å². The molecule has 0 fully saturated rings. The summed E-state index contributed by atoms with van der Waals surface area (Å²) in [5.41, 5.74) is 0.911. The Morgan fingerprint density at radius 1 is 0.850 bits per heavy atom. The Bertz CT molecular complexity index is 631. The number of carbonyl (C=O) groups is 1. The van der Waals surface area contributed by atoms with Crippen LogP contribution in [0.25, 0.3) is 0 Å². The molecule has 0 N–H and O–H groups in total. The van der Waals surface area contributed by atoms with E-state index in [1.54, 1.807) is 30.3 Å². The zero-order valence-corrected chi connectivity index (χ0v) is 12.5. The van der Waals surface area contributed by atoms with Crippen LogP contribution in [0.1, 0.15) is 15.9 Å². The second-order valence-electron chi connectivity index (χ2n) is 4.06. The second-order valence-corrected chi connectivity index (χ2v) is 4.87. The molecule has 0 unspecified atom stereocenters. The van der Waals surface area contributed by atoms with Crippen LogP contribution < -0.4 is 9.47 Å². The number of benzene rings is 2. The van der Waals surface area contributed by atoms with Crippen molar-refractivity contribution in [3.8, 4) is 11.5 Å². The highest BCUT2D eigenvalue weighted by atomic mass is 35.5. The molecule has 2 aromatic rings. The van der Waals surface area contributed by atoms with Gasteiger partial charge in [0.2, 0.25) is 0 Å². The van der Waals surface area contributed by atoms with Crippen molar-refractivity contribution in [3.63, 3.8) is 0 Å². The van der Waals surface area contributed by atoms with E-state index in [1.807, 2.05) is 0 Å². The van der Waals surface area contributed by atoms with Crippen molar-refractivity contribution in [2.45, 2.75) is 0 Å². The largest absolute Gasteiger partial charge is 0.497 e. The maximum Gasteiger partial charge on any atom is 0.193 e. The normalized spacial score (nSPS) is 10.2. The zero-order valence-electron chi connectivity index (χ0n) is 10.9. The third-order valence-electron chi connectivity index (χ3n) is 2.80. The molecule has 0 aliphatic heterocycles. The zero-order chi connectivity index (χ0) is 14.7. The van der Waals surface area contributed by atoms with E-state index in [2.05, 4.69) is 0 Å². The first-order valence-electron chi connectivity index (χ1n) is 5.78. The molecule has 0 heterocycles. The van der Waals surface area contributed by atoms with Gasteiger partial charge in [0.1, 0.15) is 11.5 Å². The van der Waals surface area contributed by atoms with Crippen molar-refractivity contribution < 1.29 is 14.3 Å². The van der Waals surface area contributed by atoms with Crippen LogP contribution >= 0.6 is 23.2 Å². The second kappa shape index (κ2) is 6.16. The average molecular weight is 311 g/mol. The van der Waals surface area contributed by atoms with E-state index < -0.39 is 0 Å². The van der Waals surface area contributed by atoms with Crippen LogP contribution in [0.4, 0.5) is 0 Å². The van der Waals surface area contributed by atoms with E-state index >= 15 is 0 Å². The predicted molar refractivity (Wildman–Crippen MR) is 79.4 cm³/mol. The summed E-state index contributed by atoms with van der Waals surface area (Å²) in [7, 11) is 3.06. The number of carbonyl (C=O) groups excluding carboxylic acids is 1. The fraction of sp³-hybridized carbons (Fsp3) is 0.133. The summed E-state index contributed by atoms with van der Waals surface area (Å²) in [6.07, 6.45) is 0. The maximum absolute atomic E-state index is 12.4. The van der Waals surface area contributed by atoms with Gasteiger partial charge in [0.25, 0.3) is 0 Å². The Morgan fingerprint density at radius 3 is 1.95 bits per heavy atom. The van der Waals surface area contributed by atoms with Crippen LogP contribution in [-0.2, 0) is 0 Å². The molecule has 2 rings (SSSR count). The summed E-state index contributed by atoms with van der Waals surface area (Å²) in [6.45, 7) is 0. The van der Waals surface area contributed by atoms with E-state index in [9.17, 15) is 4.79 Å². The topological polar surface area (TPSA) is 35.5 Å². The molecule has 0 saturated carbocycles. The van der Waals surface area contributed by atoms with Crippen molar-refractivity contribution in [1.82, 2.24) is 0 Å². The number of ketones is 1. The van der Waals surface area contributed by atoms with Gasteiger partial charge in [-0.2, -0.15) is 0 Å². The molecule has 20 heavy (non-hydrogen) atoms. The lowest BCUT2D eigenvalue weighted by atomic mass is 10.0. The van der Waals surface area contributed by atoms with Gasteiger partial charge in [-0.3, -0.25) is 4.79 Å². The van der Waals surface area contributed by atoms with Crippen molar-refractivity contribution >= 4 is 29.0 Å². The molecule has 2 aromatic carbocycles. The molecule has 0 aromatic heterocycles. The van der Waals surface area contributed by atoms with E-state index in [0.717, 1.165) is 0 Å². The van der Waals surface area contributed by atoms with Gasteiger partial charge in [0, 0.05) is 17.2 Å². The summed E-state index contributed by atoms with van der Waals surface area (Å²) < 4.78 is 10.3. The molecule has 0 spiro atoms. The summed E-state index contributed by atoms with van der Waals surface area (Å²) in [6, 6.07) is 9.75. The van der Waals surface area contributed by atoms with Crippen LogP contribution in [0.3, 0.4) is 0 Å². The monoisotopic (exact) mass is 310 g/mol. The molecule has 0 bridgehead atoms. The highest BCUT2D eigenvalue weighted by Crippen LogP contribution is 2.27. The Kier molecular flexibility index (Phi) is 4.53. The lowest BCUT2D eigenvalue weighted by Crippen LogP contribution is -2.02. The minimum Gasteiger partial charge on any atom is -0.497 e. The Balaban J connectivity index is 2.44. The molecule has 104 valence electrons. The van der Waals surface area contributed by atoms with Gasteiger partial charge in [-0.25, -0.2) is 0 Å². The minimum atomic E-state index is -0.180. The molecular weight excluding hydrogens is 299 g/mol. The SMILES string of the molecule is COc1cc(OC)cc(C(=O)c2ccc(Cl)c(Cl)c2)c1. The molecule has 0 saturated heterocycles. The molecule has 3 nitrogen and oxygen atoms in total. The van der Waals surface area contributed by atoms with Crippen molar-refractivity contribution in [2.75, 3.05) is 14.2 Å². The Labute approximate surface area is 127 Å². The summed E-state index contributed by atoms with van der Waals surface area (Å²) in [4.78, 5) is 12.4. The lowest BCUT2D eigenvalue weighted by molar-refractivity contribution is 0.103. The van der Waals surface area contributed by atoms with E-state index in [4.69, 9.17) is 32.7 Å². The number of methoxy groups -OCH3 is 2. The number of rotatable bonds is 4. The minimum absolute atomic E-state index is 0.180. The molecule has 0 radical (unpaired) electrons. The van der Waals surface area contributed by atoms with Crippen LogP contribution in [0.15, 0.2) is 36.4 Å². The van der Waals surface area contributed by atoms with Gasteiger partial charge in [0.05, 0.1) is 24.3 Å². The average Bonchev–Trinajstić information content (AvgIpc) is 2.48. The first-order valence-corrected chi connectivity index (χ1v) is 6.53. The first kappa shape index (κ1) is 14.7. The van der Waals surface area contributed by atoms with E-state index in [0.29, 0.717) is 32.7 Å². The number of hydrogen-bond acceptors (Lipinski definition) is 3. The Morgan fingerprint density at radius 2 is 1.45 bits per heavy atom. The molecule has 0 aliphatic carbocycles. The predicted octanol–water partition coefficient (Wildman–Crippen LogP) is 4.24. The van der Waals surface area contributed by atoms with Crippen molar-refractivity contribution in [3.05, 3.63) is 57.6 Å². The van der Waals surface area contributed by atoms with E-state index in [-0.39, 0.29) is 5.78 Å². The maximum atomic E-state index is 12.4. The van der Waals surface area contributed by atoms with Crippen LogP contribution in [-0.4, -0.2) is 20.0 Å². The van der Waals surface area contributed by atoms with Crippen molar-refractivity contribution in [1.29, 1.82) is 0 Å². The number of ether oxygens (including phenoxy) is 2. The van der Waals surface area contributed by atoms with Gasteiger partial charge < -0.3 is 9.47 Å². The smallest absolute Gasteiger partial charge is 0.193 e. The number of halogens is 2. The highest BCUT2D eigenvalue weighted by molar-refractivity contribution is 6.42. The summed E-state index contributed by atoms with van der Waals surface area (Å²) in [5.74, 6) is 0.918. The number of hydrogen-bond donors (Lipinski definition) is 0. The molecule has 0 aliphatic rings. The Hall–Kier alpha value is -1.71. The third-order valence-corrected chi connectivity index (χ3v) is 3.53. The molecular formula is C15H12Cl2O3. The van der Waals surface area contributed by atoms with Gasteiger partial charge in [-0.15, -0.1) is 0 Å². The fourth-order valence-corrected chi connectivity index (χ4v) is 2.04. The van der Waals surface area contributed by atoms with Crippen molar-refractivity contribution in [2.24, 2.45) is 0 Å². The fourth-order valence-electron chi connectivity index (χ4n) is 1.74. The van der Waals surface area contributed by atoms with Crippen LogP contribution in [0.5, 0.6) is 11.5 Å². The first-order chi connectivity index (χ1) is 9.55.